The Hall–Kier alpha value is -3.65. The third-order valence-electron chi connectivity index (χ3n) is 4.57. The van der Waals surface area contributed by atoms with Gasteiger partial charge in [0.2, 0.25) is 0 Å². The number of amides is 3. The monoisotopic (exact) mass is 421 g/mol. The number of furan rings is 1. The van der Waals surface area contributed by atoms with Crippen LogP contribution in [0, 0.1) is 0 Å². The number of benzene rings is 1. The molecule has 3 rings (SSSR count). The van der Waals surface area contributed by atoms with Crippen molar-refractivity contribution >= 4 is 17.6 Å². The summed E-state index contributed by atoms with van der Waals surface area (Å²) in [5.74, 6) is -0.0804. The zero-order chi connectivity index (χ0) is 22.1. The van der Waals surface area contributed by atoms with E-state index in [0.29, 0.717) is 25.3 Å². The van der Waals surface area contributed by atoms with Crippen LogP contribution in [0.25, 0.3) is 0 Å². The number of nitrogens with one attached hydrogen (secondary N) is 2. The Kier molecular flexibility index (Phi) is 7.78. The lowest BCUT2D eigenvalue weighted by Gasteiger charge is -2.25. The summed E-state index contributed by atoms with van der Waals surface area (Å²) in [7, 11) is 3.95. The van der Waals surface area contributed by atoms with Gasteiger partial charge in [-0.25, -0.2) is 4.79 Å². The van der Waals surface area contributed by atoms with Crippen molar-refractivity contribution in [1.29, 1.82) is 0 Å². The predicted molar refractivity (Wildman–Crippen MR) is 119 cm³/mol. The van der Waals surface area contributed by atoms with Gasteiger partial charge in [0.15, 0.2) is 5.76 Å². The van der Waals surface area contributed by atoms with E-state index in [2.05, 4.69) is 15.6 Å². The number of hydrogen-bond donors (Lipinski definition) is 2. The van der Waals surface area contributed by atoms with Crippen molar-refractivity contribution in [2.45, 2.75) is 13.1 Å². The molecule has 8 heteroatoms. The molecular weight excluding hydrogens is 394 g/mol. The summed E-state index contributed by atoms with van der Waals surface area (Å²) in [4.78, 5) is 32.9. The standard InChI is InChI=1S/C23H27N5O3/c1-27(2)11-12-28(17-19-7-4-10-24-15-19)23(30)25-16-18-6-3-8-20(14-18)26-22(29)21-9-5-13-31-21/h3-10,13-15H,11-12,16-17H2,1-2H3,(H,25,30)(H,26,29). The second kappa shape index (κ2) is 10.9. The fourth-order valence-corrected chi connectivity index (χ4v) is 2.93. The Morgan fingerprint density at radius 1 is 1.03 bits per heavy atom. The number of pyridine rings is 1. The fourth-order valence-electron chi connectivity index (χ4n) is 2.93. The maximum absolute atomic E-state index is 12.8. The van der Waals surface area contributed by atoms with Gasteiger partial charge in [-0.2, -0.15) is 0 Å². The summed E-state index contributed by atoms with van der Waals surface area (Å²) in [5.41, 5.74) is 2.48. The molecule has 2 heterocycles. The van der Waals surface area contributed by atoms with Crippen LogP contribution in [0.3, 0.4) is 0 Å². The molecule has 31 heavy (non-hydrogen) atoms. The minimum absolute atomic E-state index is 0.157. The van der Waals surface area contributed by atoms with Gasteiger partial charge >= 0.3 is 6.03 Å². The Morgan fingerprint density at radius 2 is 1.87 bits per heavy atom. The maximum Gasteiger partial charge on any atom is 0.318 e. The van der Waals surface area contributed by atoms with E-state index in [-0.39, 0.29) is 17.7 Å². The highest BCUT2D eigenvalue weighted by Crippen LogP contribution is 2.13. The summed E-state index contributed by atoms with van der Waals surface area (Å²) in [6.45, 7) is 2.16. The normalized spacial score (nSPS) is 10.7. The first-order valence-electron chi connectivity index (χ1n) is 10.0. The van der Waals surface area contributed by atoms with E-state index >= 15 is 0 Å². The molecule has 0 bridgehead atoms. The van der Waals surface area contributed by atoms with Crippen molar-refractivity contribution in [1.82, 2.24) is 20.1 Å². The summed E-state index contributed by atoms with van der Waals surface area (Å²) >= 11 is 0. The van der Waals surface area contributed by atoms with Gasteiger partial charge in [-0.3, -0.25) is 9.78 Å². The molecule has 0 aliphatic heterocycles. The zero-order valence-electron chi connectivity index (χ0n) is 17.7. The summed E-state index contributed by atoms with van der Waals surface area (Å²) in [6.07, 6.45) is 4.93. The van der Waals surface area contributed by atoms with Crippen LogP contribution in [0.5, 0.6) is 0 Å². The van der Waals surface area contributed by atoms with E-state index in [1.807, 2.05) is 49.3 Å². The number of anilines is 1. The summed E-state index contributed by atoms with van der Waals surface area (Å²) < 4.78 is 5.11. The van der Waals surface area contributed by atoms with Crippen molar-refractivity contribution < 1.29 is 14.0 Å². The van der Waals surface area contributed by atoms with Crippen molar-refractivity contribution in [2.75, 3.05) is 32.5 Å². The van der Waals surface area contributed by atoms with Crippen molar-refractivity contribution in [3.63, 3.8) is 0 Å². The van der Waals surface area contributed by atoms with Crippen LogP contribution in [0.15, 0.2) is 71.6 Å². The highest BCUT2D eigenvalue weighted by Gasteiger charge is 2.14. The van der Waals surface area contributed by atoms with Gasteiger partial charge in [0, 0.05) is 44.3 Å². The number of nitrogens with zero attached hydrogens (tertiary/aromatic N) is 3. The Balaban J connectivity index is 1.59. The Morgan fingerprint density at radius 3 is 2.58 bits per heavy atom. The number of carbonyl (C=O) groups is 2. The molecule has 2 N–H and O–H groups in total. The Labute approximate surface area is 181 Å². The van der Waals surface area contributed by atoms with E-state index in [1.165, 1.54) is 6.26 Å². The fraction of sp³-hybridized carbons (Fsp3) is 0.261. The number of hydrogen-bond acceptors (Lipinski definition) is 5. The molecule has 0 saturated carbocycles. The van der Waals surface area contributed by atoms with E-state index < -0.39 is 0 Å². The van der Waals surface area contributed by atoms with Crippen LogP contribution in [-0.4, -0.2) is 53.9 Å². The molecule has 0 unspecified atom stereocenters. The van der Waals surface area contributed by atoms with E-state index in [1.54, 1.807) is 35.5 Å². The smallest absolute Gasteiger partial charge is 0.318 e. The number of rotatable bonds is 9. The van der Waals surface area contributed by atoms with Gasteiger partial charge in [0.25, 0.3) is 5.91 Å². The van der Waals surface area contributed by atoms with Crippen molar-refractivity contribution in [2.24, 2.45) is 0 Å². The maximum atomic E-state index is 12.8. The first-order chi connectivity index (χ1) is 15.0. The molecule has 0 aliphatic carbocycles. The highest BCUT2D eigenvalue weighted by atomic mass is 16.3. The minimum Gasteiger partial charge on any atom is -0.459 e. The van der Waals surface area contributed by atoms with E-state index in [9.17, 15) is 9.59 Å². The van der Waals surface area contributed by atoms with Crippen LogP contribution in [-0.2, 0) is 13.1 Å². The van der Waals surface area contributed by atoms with Crippen molar-refractivity contribution in [3.05, 3.63) is 84.1 Å². The second-order valence-electron chi connectivity index (χ2n) is 7.38. The average Bonchev–Trinajstić information content (AvgIpc) is 3.31. The molecule has 8 nitrogen and oxygen atoms in total. The molecular formula is C23H27N5O3. The van der Waals surface area contributed by atoms with Crippen LogP contribution < -0.4 is 10.6 Å². The minimum atomic E-state index is -0.322. The van der Waals surface area contributed by atoms with Crippen LogP contribution in [0.1, 0.15) is 21.7 Å². The van der Waals surface area contributed by atoms with Gasteiger partial charge in [0.05, 0.1) is 6.26 Å². The molecule has 2 aromatic heterocycles. The molecule has 0 atom stereocenters. The van der Waals surface area contributed by atoms with Crippen LogP contribution in [0.2, 0.25) is 0 Å². The molecule has 0 saturated heterocycles. The second-order valence-corrected chi connectivity index (χ2v) is 7.38. The quantitative estimate of drug-likeness (QED) is 0.554. The van der Waals surface area contributed by atoms with Gasteiger partial charge in [-0.1, -0.05) is 18.2 Å². The highest BCUT2D eigenvalue weighted by molar-refractivity contribution is 6.02. The van der Waals surface area contributed by atoms with Gasteiger partial charge in [0.1, 0.15) is 0 Å². The van der Waals surface area contributed by atoms with Gasteiger partial charge in [-0.15, -0.1) is 0 Å². The lowest BCUT2D eigenvalue weighted by atomic mass is 10.2. The van der Waals surface area contributed by atoms with Crippen molar-refractivity contribution in [3.8, 4) is 0 Å². The lowest BCUT2D eigenvalue weighted by Crippen LogP contribution is -2.42. The zero-order valence-corrected chi connectivity index (χ0v) is 17.7. The van der Waals surface area contributed by atoms with Crippen LogP contribution >= 0.6 is 0 Å². The number of likely N-dealkylation sites (N-methyl/N-ethyl adjacent to an activating group) is 1. The molecule has 3 aromatic rings. The van der Waals surface area contributed by atoms with Gasteiger partial charge < -0.3 is 24.9 Å². The first-order valence-corrected chi connectivity index (χ1v) is 10.0. The predicted octanol–water partition coefficient (Wildman–Crippen LogP) is 3.20. The first kappa shape index (κ1) is 22.0. The molecule has 0 fully saturated rings. The van der Waals surface area contributed by atoms with E-state index in [4.69, 9.17) is 4.42 Å². The number of carbonyl (C=O) groups excluding carboxylic acids is 2. The lowest BCUT2D eigenvalue weighted by molar-refractivity contribution is 0.0996. The molecule has 3 amide bonds. The van der Waals surface area contributed by atoms with E-state index in [0.717, 1.165) is 17.7 Å². The molecule has 1 aromatic carbocycles. The van der Waals surface area contributed by atoms with Gasteiger partial charge in [-0.05, 0) is 55.6 Å². The molecule has 0 aliphatic rings. The number of aromatic nitrogens is 1. The molecule has 0 radical (unpaired) electrons. The molecule has 0 spiro atoms. The summed E-state index contributed by atoms with van der Waals surface area (Å²) in [5, 5.41) is 5.76. The third kappa shape index (κ3) is 6.97. The van der Waals surface area contributed by atoms with Crippen LogP contribution in [0.4, 0.5) is 10.5 Å². The SMILES string of the molecule is CN(C)CCN(Cc1cccnc1)C(=O)NCc1cccc(NC(=O)c2ccco2)c1. The topological polar surface area (TPSA) is 90.7 Å². The summed E-state index contributed by atoms with van der Waals surface area (Å²) in [6, 6.07) is 14.3. The Bertz CT molecular complexity index is 974. The average molecular weight is 422 g/mol. The molecule has 162 valence electrons. The largest absolute Gasteiger partial charge is 0.459 e. The third-order valence-corrected chi connectivity index (χ3v) is 4.57. The number of urea groups is 1.